The molecule has 2 atom stereocenters. The van der Waals surface area contributed by atoms with Crippen LogP contribution in [0.5, 0.6) is 0 Å². The van der Waals surface area contributed by atoms with Crippen LogP contribution < -0.4 is 5.09 Å². The van der Waals surface area contributed by atoms with Crippen molar-refractivity contribution in [2.24, 2.45) is 0 Å². The predicted octanol–water partition coefficient (Wildman–Crippen LogP) is 3.55. The highest BCUT2D eigenvalue weighted by Gasteiger charge is 2.42. The van der Waals surface area contributed by atoms with Crippen LogP contribution in [0.3, 0.4) is 0 Å². The molecule has 1 aliphatic heterocycles. The van der Waals surface area contributed by atoms with Crippen molar-refractivity contribution in [3.63, 3.8) is 0 Å². The van der Waals surface area contributed by atoms with E-state index in [0.717, 1.165) is 5.56 Å². The second-order valence-corrected chi connectivity index (χ2v) is 8.16. The van der Waals surface area contributed by atoms with E-state index in [0.29, 0.717) is 6.54 Å². The first-order valence-electron chi connectivity index (χ1n) is 6.16. The fraction of sp³-hybridized carbons (Fsp3) is 0.286. The molecule has 1 heterocycles. The molecule has 2 aromatic rings. The average molecular weight is 293 g/mol. The molecule has 3 rings (SSSR count). The second-order valence-electron chi connectivity index (χ2n) is 4.86. The molecular weight excluding hydrogens is 277 g/mol. The minimum absolute atomic E-state index is 0.438. The van der Waals surface area contributed by atoms with Crippen LogP contribution in [0.1, 0.15) is 12.5 Å². The van der Waals surface area contributed by atoms with Gasteiger partial charge in [-0.25, -0.2) is 5.09 Å². The van der Waals surface area contributed by atoms with Gasteiger partial charge < -0.3 is 9.05 Å². The van der Waals surface area contributed by atoms with Crippen molar-refractivity contribution in [1.82, 2.24) is 5.09 Å². The lowest BCUT2D eigenvalue weighted by Crippen LogP contribution is -2.26. The lowest BCUT2D eigenvalue weighted by Gasteiger charge is -2.25. The summed E-state index contributed by atoms with van der Waals surface area (Å²) in [6.45, 7) is 0.404. The minimum atomic E-state index is -2.33. The summed E-state index contributed by atoms with van der Waals surface area (Å²) in [4.78, 5) is 0. The van der Waals surface area contributed by atoms with Gasteiger partial charge in [-0.1, -0.05) is 42.5 Å². The van der Waals surface area contributed by atoms with E-state index in [4.69, 9.17) is 20.9 Å². The SMILES string of the molecule is COP1(=S)NCC(C)(c2cccc3ccccc23)O1. The molecule has 1 N–H and O–H groups in total. The Kier molecular flexibility index (Phi) is 3.24. The van der Waals surface area contributed by atoms with Crippen molar-refractivity contribution >= 4 is 29.2 Å². The largest absolute Gasteiger partial charge is 0.321 e. The van der Waals surface area contributed by atoms with Gasteiger partial charge in [0, 0.05) is 13.7 Å². The van der Waals surface area contributed by atoms with Gasteiger partial charge in [0.1, 0.15) is 5.60 Å². The summed E-state index contributed by atoms with van der Waals surface area (Å²) in [6.07, 6.45) is 0. The molecule has 0 spiro atoms. The number of hydrogen-bond donors (Lipinski definition) is 1. The van der Waals surface area contributed by atoms with Gasteiger partial charge in [0.05, 0.1) is 0 Å². The molecule has 1 aliphatic rings. The van der Waals surface area contributed by atoms with Crippen LogP contribution in [0.15, 0.2) is 42.5 Å². The fourth-order valence-corrected chi connectivity index (χ4v) is 4.65. The van der Waals surface area contributed by atoms with Crippen LogP contribution in [0.4, 0.5) is 0 Å². The van der Waals surface area contributed by atoms with Crippen molar-refractivity contribution in [2.75, 3.05) is 13.7 Å². The van der Waals surface area contributed by atoms with Crippen LogP contribution in [-0.2, 0) is 26.5 Å². The van der Waals surface area contributed by atoms with Gasteiger partial charge in [-0.05, 0) is 35.1 Å². The van der Waals surface area contributed by atoms with Crippen molar-refractivity contribution in [2.45, 2.75) is 12.5 Å². The van der Waals surface area contributed by atoms with Gasteiger partial charge in [-0.15, -0.1) is 0 Å². The Bertz CT molecular complexity index is 670. The molecule has 2 aromatic carbocycles. The summed E-state index contributed by atoms with van der Waals surface area (Å²) in [6, 6.07) is 14.6. The highest BCUT2D eigenvalue weighted by molar-refractivity contribution is 8.09. The normalized spacial score (nSPS) is 30.8. The predicted molar refractivity (Wildman–Crippen MR) is 81.7 cm³/mol. The molecule has 1 saturated heterocycles. The number of rotatable bonds is 2. The third-order valence-corrected chi connectivity index (χ3v) is 6.26. The highest BCUT2D eigenvalue weighted by atomic mass is 32.5. The maximum absolute atomic E-state index is 6.07. The molecule has 100 valence electrons. The third kappa shape index (κ3) is 2.24. The molecule has 19 heavy (non-hydrogen) atoms. The van der Waals surface area contributed by atoms with E-state index in [1.165, 1.54) is 10.8 Å². The van der Waals surface area contributed by atoms with Crippen LogP contribution in [0.25, 0.3) is 10.8 Å². The van der Waals surface area contributed by atoms with Crippen LogP contribution >= 0.6 is 6.64 Å². The van der Waals surface area contributed by atoms with Gasteiger partial charge >= 0.3 is 0 Å². The maximum Gasteiger partial charge on any atom is 0.261 e. The first kappa shape index (κ1) is 13.2. The quantitative estimate of drug-likeness (QED) is 0.858. The van der Waals surface area contributed by atoms with Crippen LogP contribution in [0.2, 0.25) is 0 Å². The van der Waals surface area contributed by atoms with Crippen molar-refractivity contribution in [1.29, 1.82) is 0 Å². The Labute approximate surface area is 118 Å². The summed E-state index contributed by atoms with van der Waals surface area (Å²) < 4.78 is 11.4. The molecule has 0 aromatic heterocycles. The molecule has 1 fully saturated rings. The maximum atomic E-state index is 6.07. The van der Waals surface area contributed by atoms with E-state index >= 15 is 0 Å². The van der Waals surface area contributed by atoms with E-state index in [1.54, 1.807) is 7.11 Å². The number of fused-ring (bicyclic) bond motifs is 1. The monoisotopic (exact) mass is 293 g/mol. The molecule has 5 heteroatoms. The first-order valence-corrected chi connectivity index (χ1v) is 8.80. The molecule has 0 bridgehead atoms. The van der Waals surface area contributed by atoms with E-state index in [1.807, 2.05) is 12.1 Å². The minimum Gasteiger partial charge on any atom is -0.321 e. The van der Waals surface area contributed by atoms with E-state index in [9.17, 15) is 0 Å². The standard InChI is InChI=1S/C14H16NO2PS/c1-14(10-15-18(19,16-2)17-14)13-9-5-7-11-6-3-4-8-12(11)13/h3-9H,10H2,1-2H3,(H,15,19). The summed E-state index contributed by atoms with van der Waals surface area (Å²) in [5, 5.41) is 5.63. The van der Waals surface area contributed by atoms with Gasteiger partial charge in [0.2, 0.25) is 0 Å². The van der Waals surface area contributed by atoms with Gasteiger partial charge in [0.15, 0.2) is 0 Å². The number of hydrogen-bond acceptors (Lipinski definition) is 3. The fourth-order valence-electron chi connectivity index (χ4n) is 2.51. The zero-order valence-corrected chi connectivity index (χ0v) is 12.6. The van der Waals surface area contributed by atoms with Crippen molar-refractivity contribution in [3.8, 4) is 0 Å². The molecule has 2 unspecified atom stereocenters. The Morgan fingerprint density at radius 2 is 2.00 bits per heavy atom. The molecule has 0 saturated carbocycles. The van der Waals surface area contributed by atoms with Crippen LogP contribution in [0, 0.1) is 0 Å². The highest BCUT2D eigenvalue weighted by Crippen LogP contribution is 2.55. The number of nitrogens with one attached hydrogen (secondary N) is 1. The molecule has 0 amide bonds. The Hall–Kier alpha value is -0.770. The molecule has 3 nitrogen and oxygen atoms in total. The van der Waals surface area contributed by atoms with E-state index < -0.39 is 12.2 Å². The van der Waals surface area contributed by atoms with Crippen molar-refractivity contribution in [3.05, 3.63) is 48.0 Å². The second kappa shape index (κ2) is 4.65. The summed E-state index contributed by atoms with van der Waals surface area (Å²) in [5.74, 6) is 0. The van der Waals surface area contributed by atoms with E-state index in [2.05, 4.69) is 42.3 Å². The zero-order chi connectivity index (χ0) is 13.5. The Morgan fingerprint density at radius 1 is 1.26 bits per heavy atom. The Balaban J connectivity index is 2.13. The lowest BCUT2D eigenvalue weighted by atomic mass is 9.91. The first-order chi connectivity index (χ1) is 9.06. The smallest absolute Gasteiger partial charge is 0.261 e. The van der Waals surface area contributed by atoms with Gasteiger partial charge in [-0.2, -0.15) is 0 Å². The van der Waals surface area contributed by atoms with Crippen molar-refractivity contribution < 1.29 is 9.05 Å². The van der Waals surface area contributed by atoms with Gasteiger partial charge in [-0.3, -0.25) is 0 Å². The van der Waals surface area contributed by atoms with Gasteiger partial charge in [0.25, 0.3) is 6.64 Å². The van der Waals surface area contributed by atoms with Crippen LogP contribution in [-0.4, -0.2) is 13.7 Å². The number of benzene rings is 2. The zero-order valence-electron chi connectivity index (χ0n) is 10.9. The molecular formula is C14H16NO2PS. The summed E-state index contributed by atoms with van der Waals surface area (Å²) >= 11 is 5.40. The topological polar surface area (TPSA) is 30.5 Å². The summed E-state index contributed by atoms with van der Waals surface area (Å²) in [7, 11) is 1.60. The summed E-state index contributed by atoms with van der Waals surface area (Å²) in [5.41, 5.74) is 0.716. The molecule has 0 radical (unpaired) electrons. The lowest BCUT2D eigenvalue weighted by molar-refractivity contribution is 0.123. The third-order valence-electron chi connectivity index (χ3n) is 3.53. The average Bonchev–Trinajstić information content (AvgIpc) is 2.76. The molecule has 0 aliphatic carbocycles. The Morgan fingerprint density at radius 3 is 2.74 bits per heavy atom. The van der Waals surface area contributed by atoms with E-state index in [-0.39, 0.29) is 0 Å².